The van der Waals surface area contributed by atoms with Crippen LogP contribution in [0.25, 0.3) is 0 Å². The number of hydrogen-bond acceptors (Lipinski definition) is 2. The highest BCUT2D eigenvalue weighted by molar-refractivity contribution is 5.27. The Balaban J connectivity index is 2.10. The molecule has 2 N–H and O–H groups in total. The van der Waals surface area contributed by atoms with E-state index in [9.17, 15) is 13.2 Å². The summed E-state index contributed by atoms with van der Waals surface area (Å²) in [6, 6.07) is 15.0. The Hall–Kier alpha value is -1.85. The van der Waals surface area contributed by atoms with E-state index in [0.717, 1.165) is 29.7 Å². The summed E-state index contributed by atoms with van der Waals surface area (Å²) < 4.78 is 38.0. The van der Waals surface area contributed by atoms with E-state index in [4.69, 9.17) is 5.11 Å². The number of halogens is 3. The van der Waals surface area contributed by atoms with Gasteiger partial charge in [-0.3, -0.25) is 0 Å². The monoisotopic (exact) mass is 337 g/mol. The van der Waals surface area contributed by atoms with Crippen LogP contribution in [0.3, 0.4) is 0 Å². The van der Waals surface area contributed by atoms with Gasteiger partial charge >= 0.3 is 6.18 Å². The zero-order valence-electron chi connectivity index (χ0n) is 13.6. The molecule has 0 aliphatic carbocycles. The second-order valence-corrected chi connectivity index (χ2v) is 5.84. The predicted octanol–water partition coefficient (Wildman–Crippen LogP) is 4.87. The third-order valence-corrected chi connectivity index (χ3v) is 4.04. The van der Waals surface area contributed by atoms with Crippen LogP contribution in [0.15, 0.2) is 54.6 Å². The van der Waals surface area contributed by atoms with E-state index in [1.54, 1.807) is 0 Å². The maximum absolute atomic E-state index is 12.7. The summed E-state index contributed by atoms with van der Waals surface area (Å²) in [5.41, 5.74) is 1.26. The molecule has 0 spiro atoms. The summed E-state index contributed by atoms with van der Waals surface area (Å²) in [5.74, 6) is 0. The highest BCUT2D eigenvalue weighted by Crippen LogP contribution is 2.30. The van der Waals surface area contributed by atoms with Crippen LogP contribution in [0.5, 0.6) is 0 Å². The number of alkyl halides is 3. The fraction of sp³-hybridized carbons (Fsp3) is 0.368. The molecular weight excluding hydrogens is 315 g/mol. The average molecular weight is 337 g/mol. The topological polar surface area (TPSA) is 32.3 Å². The molecule has 0 aliphatic heterocycles. The van der Waals surface area contributed by atoms with Crippen molar-refractivity contribution in [2.45, 2.75) is 38.0 Å². The second-order valence-electron chi connectivity index (χ2n) is 5.84. The number of aliphatic hydroxyl groups is 1. The van der Waals surface area contributed by atoms with Crippen molar-refractivity contribution in [3.8, 4) is 0 Å². The summed E-state index contributed by atoms with van der Waals surface area (Å²) in [7, 11) is 0. The molecule has 2 rings (SSSR count). The van der Waals surface area contributed by atoms with Crippen molar-refractivity contribution >= 4 is 0 Å². The minimum absolute atomic E-state index is 0.0376. The van der Waals surface area contributed by atoms with Gasteiger partial charge < -0.3 is 10.4 Å². The van der Waals surface area contributed by atoms with Crippen molar-refractivity contribution in [2.24, 2.45) is 0 Å². The highest BCUT2D eigenvalue weighted by atomic mass is 19.4. The Morgan fingerprint density at radius 3 is 2.12 bits per heavy atom. The summed E-state index contributed by atoms with van der Waals surface area (Å²) in [6.45, 7) is 2.04. The smallest absolute Gasteiger partial charge is 0.396 e. The second kappa shape index (κ2) is 8.31. The Labute approximate surface area is 140 Å². The van der Waals surface area contributed by atoms with Crippen molar-refractivity contribution in [2.75, 3.05) is 6.61 Å². The zero-order valence-corrected chi connectivity index (χ0v) is 13.6. The van der Waals surface area contributed by atoms with E-state index in [-0.39, 0.29) is 18.7 Å². The zero-order chi connectivity index (χ0) is 17.6. The summed E-state index contributed by atoms with van der Waals surface area (Å²) in [6.07, 6.45) is -2.90. The molecule has 5 heteroatoms. The molecule has 24 heavy (non-hydrogen) atoms. The van der Waals surface area contributed by atoms with Crippen molar-refractivity contribution in [1.82, 2.24) is 5.32 Å². The lowest BCUT2D eigenvalue weighted by Gasteiger charge is -2.24. The van der Waals surface area contributed by atoms with Gasteiger partial charge in [0.05, 0.1) is 5.56 Å². The van der Waals surface area contributed by atoms with Crippen LogP contribution < -0.4 is 5.32 Å². The third kappa shape index (κ3) is 5.08. The SMILES string of the molecule is CC(NC(CCCO)c1ccccc1)c1ccc(C(F)(F)F)cc1. The molecule has 0 radical (unpaired) electrons. The molecule has 0 fully saturated rings. The molecule has 0 amide bonds. The first-order valence-electron chi connectivity index (χ1n) is 8.01. The number of hydrogen-bond donors (Lipinski definition) is 2. The van der Waals surface area contributed by atoms with Crippen LogP contribution in [-0.2, 0) is 6.18 Å². The average Bonchev–Trinajstić information content (AvgIpc) is 2.58. The molecule has 0 aromatic heterocycles. The van der Waals surface area contributed by atoms with Gasteiger partial charge in [0, 0.05) is 18.7 Å². The first kappa shape index (κ1) is 18.5. The van der Waals surface area contributed by atoms with Gasteiger partial charge in [0.25, 0.3) is 0 Å². The van der Waals surface area contributed by atoms with Crippen LogP contribution in [0.2, 0.25) is 0 Å². The predicted molar refractivity (Wildman–Crippen MR) is 88.5 cm³/mol. The molecular formula is C19H22F3NO. The van der Waals surface area contributed by atoms with Crippen molar-refractivity contribution in [1.29, 1.82) is 0 Å². The van der Waals surface area contributed by atoms with E-state index in [0.29, 0.717) is 6.42 Å². The maximum atomic E-state index is 12.7. The van der Waals surface area contributed by atoms with Crippen LogP contribution in [0.1, 0.15) is 48.5 Å². The molecule has 0 bridgehead atoms. The molecule has 0 aliphatic rings. The van der Waals surface area contributed by atoms with Gasteiger partial charge in [-0.1, -0.05) is 42.5 Å². The molecule has 2 atom stereocenters. The molecule has 0 saturated heterocycles. The van der Waals surface area contributed by atoms with E-state index >= 15 is 0 Å². The highest BCUT2D eigenvalue weighted by Gasteiger charge is 2.30. The largest absolute Gasteiger partial charge is 0.416 e. The summed E-state index contributed by atoms with van der Waals surface area (Å²) in [4.78, 5) is 0. The normalized spacial score (nSPS) is 14.4. The first-order valence-corrected chi connectivity index (χ1v) is 8.01. The van der Waals surface area contributed by atoms with E-state index in [2.05, 4.69) is 5.32 Å². The van der Waals surface area contributed by atoms with Crippen LogP contribution in [0.4, 0.5) is 13.2 Å². The number of nitrogens with one attached hydrogen (secondary N) is 1. The maximum Gasteiger partial charge on any atom is 0.416 e. The van der Waals surface area contributed by atoms with Gasteiger partial charge in [-0.2, -0.15) is 13.2 Å². The van der Waals surface area contributed by atoms with E-state index in [1.165, 1.54) is 12.1 Å². The number of rotatable bonds is 7. The summed E-state index contributed by atoms with van der Waals surface area (Å²) in [5, 5.41) is 12.5. The Morgan fingerprint density at radius 2 is 1.58 bits per heavy atom. The van der Waals surface area contributed by atoms with E-state index < -0.39 is 11.7 Å². The fourth-order valence-electron chi connectivity index (χ4n) is 2.69. The molecule has 130 valence electrons. The first-order chi connectivity index (χ1) is 11.4. The number of aliphatic hydroxyl groups excluding tert-OH is 1. The molecule has 2 unspecified atom stereocenters. The third-order valence-electron chi connectivity index (χ3n) is 4.04. The minimum Gasteiger partial charge on any atom is -0.396 e. The van der Waals surface area contributed by atoms with Crippen molar-refractivity contribution in [3.05, 3.63) is 71.3 Å². The molecule has 2 aromatic rings. The molecule has 2 nitrogen and oxygen atoms in total. The van der Waals surface area contributed by atoms with Crippen molar-refractivity contribution < 1.29 is 18.3 Å². The Bertz CT molecular complexity index is 611. The Kier molecular flexibility index (Phi) is 6.40. The van der Waals surface area contributed by atoms with Gasteiger partial charge in [-0.25, -0.2) is 0 Å². The van der Waals surface area contributed by atoms with Crippen LogP contribution >= 0.6 is 0 Å². The lowest BCUT2D eigenvalue weighted by atomic mass is 9.99. The van der Waals surface area contributed by atoms with Gasteiger partial charge in [0.1, 0.15) is 0 Å². The molecule has 2 aromatic carbocycles. The Morgan fingerprint density at radius 1 is 0.958 bits per heavy atom. The van der Waals surface area contributed by atoms with Crippen LogP contribution in [0, 0.1) is 0 Å². The lowest BCUT2D eigenvalue weighted by molar-refractivity contribution is -0.137. The van der Waals surface area contributed by atoms with Gasteiger partial charge in [0.15, 0.2) is 0 Å². The minimum atomic E-state index is -4.32. The lowest BCUT2D eigenvalue weighted by Crippen LogP contribution is -2.25. The van der Waals surface area contributed by atoms with Crippen molar-refractivity contribution in [3.63, 3.8) is 0 Å². The molecule has 0 heterocycles. The number of benzene rings is 2. The van der Waals surface area contributed by atoms with E-state index in [1.807, 2.05) is 37.3 Å². The standard InChI is InChI=1S/C19H22F3NO/c1-14(15-9-11-17(12-10-15)19(20,21)22)23-18(8-5-13-24)16-6-3-2-4-7-16/h2-4,6-7,9-12,14,18,23-24H,5,8,13H2,1H3. The molecule has 0 saturated carbocycles. The van der Waals surface area contributed by atoms with Gasteiger partial charge in [-0.05, 0) is 43.0 Å². The summed E-state index contributed by atoms with van der Waals surface area (Å²) >= 11 is 0. The van der Waals surface area contributed by atoms with Gasteiger partial charge in [-0.15, -0.1) is 0 Å². The fourth-order valence-corrected chi connectivity index (χ4v) is 2.69. The van der Waals surface area contributed by atoms with Gasteiger partial charge in [0.2, 0.25) is 0 Å². The van der Waals surface area contributed by atoms with Crippen LogP contribution in [-0.4, -0.2) is 11.7 Å². The quantitative estimate of drug-likeness (QED) is 0.755.